The van der Waals surface area contributed by atoms with E-state index < -0.39 is 0 Å². The Morgan fingerprint density at radius 1 is 1.00 bits per heavy atom. The fourth-order valence-electron chi connectivity index (χ4n) is 5.14. The number of carbonyl (C=O) groups excluding carboxylic acids is 1. The molecule has 3 saturated carbocycles. The van der Waals surface area contributed by atoms with Crippen LogP contribution in [0.4, 0.5) is 0 Å². The molecule has 0 aromatic rings. The van der Waals surface area contributed by atoms with Gasteiger partial charge in [0, 0.05) is 5.92 Å². The van der Waals surface area contributed by atoms with Crippen molar-refractivity contribution in [3.05, 3.63) is 12.2 Å². The molecular formula is C17H26O. The maximum atomic E-state index is 12.4. The molecule has 6 atom stereocenters. The first-order valence-electron chi connectivity index (χ1n) is 7.82. The Kier molecular flexibility index (Phi) is 3.11. The summed E-state index contributed by atoms with van der Waals surface area (Å²) in [4.78, 5) is 12.4. The number of carbonyl (C=O) groups is 1. The van der Waals surface area contributed by atoms with E-state index in [4.69, 9.17) is 0 Å². The Balaban J connectivity index is 1.85. The molecule has 3 fully saturated rings. The van der Waals surface area contributed by atoms with Gasteiger partial charge in [-0.1, -0.05) is 33.3 Å². The van der Waals surface area contributed by atoms with Gasteiger partial charge in [-0.05, 0) is 60.8 Å². The minimum absolute atomic E-state index is 0.334. The maximum Gasteiger partial charge on any atom is 0.161 e. The van der Waals surface area contributed by atoms with Gasteiger partial charge >= 0.3 is 0 Å². The van der Waals surface area contributed by atoms with Crippen molar-refractivity contribution >= 4 is 5.78 Å². The van der Waals surface area contributed by atoms with Crippen LogP contribution in [0, 0.1) is 35.5 Å². The predicted molar refractivity (Wildman–Crippen MR) is 74.1 cm³/mol. The molecule has 0 radical (unpaired) electrons. The highest BCUT2D eigenvalue weighted by Gasteiger charge is 2.48. The van der Waals surface area contributed by atoms with Crippen LogP contribution >= 0.6 is 0 Å². The standard InChI is InChI=1S/C17H26O/c1-10-5-4-6-14-13(10)7-8-15-16(14)9-11(2)12(3)17(15)18/h10-11,13-16H,3-9H2,1-2H3/t10-,11?,13?,14?,15?,16?/m0/s1. The molecule has 3 rings (SSSR count). The van der Waals surface area contributed by atoms with Crippen LogP contribution in [0.25, 0.3) is 0 Å². The number of hydrogen-bond acceptors (Lipinski definition) is 1. The van der Waals surface area contributed by atoms with Gasteiger partial charge in [-0.3, -0.25) is 4.79 Å². The van der Waals surface area contributed by atoms with E-state index in [2.05, 4.69) is 20.4 Å². The van der Waals surface area contributed by atoms with E-state index in [1.165, 1.54) is 32.1 Å². The molecule has 0 aromatic heterocycles. The summed E-state index contributed by atoms with van der Waals surface area (Å²) in [6.45, 7) is 8.67. The van der Waals surface area contributed by atoms with Crippen molar-refractivity contribution in [2.75, 3.05) is 0 Å². The van der Waals surface area contributed by atoms with E-state index >= 15 is 0 Å². The topological polar surface area (TPSA) is 17.1 Å². The molecule has 100 valence electrons. The number of allylic oxidation sites excluding steroid dienone is 1. The van der Waals surface area contributed by atoms with Gasteiger partial charge in [0.2, 0.25) is 0 Å². The quantitative estimate of drug-likeness (QED) is 0.585. The third-order valence-corrected chi connectivity index (χ3v) is 6.23. The van der Waals surface area contributed by atoms with Crippen LogP contribution < -0.4 is 0 Å². The second-order valence-corrected chi connectivity index (χ2v) is 7.11. The predicted octanol–water partition coefficient (Wildman–Crippen LogP) is 4.23. The van der Waals surface area contributed by atoms with Crippen LogP contribution in [0.15, 0.2) is 12.2 Å². The van der Waals surface area contributed by atoms with E-state index in [0.717, 1.165) is 29.7 Å². The zero-order chi connectivity index (χ0) is 12.9. The van der Waals surface area contributed by atoms with Crippen LogP contribution in [0.2, 0.25) is 0 Å². The summed E-state index contributed by atoms with van der Waals surface area (Å²) >= 11 is 0. The van der Waals surface area contributed by atoms with Gasteiger partial charge in [-0.2, -0.15) is 0 Å². The second-order valence-electron chi connectivity index (χ2n) is 7.11. The highest BCUT2D eigenvalue weighted by Crippen LogP contribution is 2.53. The van der Waals surface area contributed by atoms with E-state index in [0.29, 0.717) is 23.5 Å². The number of rotatable bonds is 0. The second kappa shape index (κ2) is 4.51. The molecule has 0 saturated heterocycles. The fraction of sp³-hybridized carbons (Fsp3) is 0.824. The lowest BCUT2D eigenvalue weighted by Gasteiger charge is -2.50. The Morgan fingerprint density at radius 3 is 2.56 bits per heavy atom. The summed E-state index contributed by atoms with van der Waals surface area (Å²) < 4.78 is 0. The maximum absolute atomic E-state index is 12.4. The lowest BCUT2D eigenvalue weighted by Crippen LogP contribution is -2.46. The largest absolute Gasteiger partial charge is 0.294 e. The Morgan fingerprint density at radius 2 is 1.78 bits per heavy atom. The molecule has 0 spiro atoms. The van der Waals surface area contributed by atoms with E-state index in [1.54, 1.807) is 0 Å². The van der Waals surface area contributed by atoms with Gasteiger partial charge in [0.15, 0.2) is 5.78 Å². The van der Waals surface area contributed by atoms with Gasteiger partial charge in [0.05, 0.1) is 0 Å². The van der Waals surface area contributed by atoms with Crippen molar-refractivity contribution < 1.29 is 4.79 Å². The minimum atomic E-state index is 0.334. The van der Waals surface area contributed by atoms with Crippen molar-refractivity contribution in [3.63, 3.8) is 0 Å². The molecule has 1 heteroatoms. The molecule has 3 aliphatic carbocycles. The van der Waals surface area contributed by atoms with Crippen molar-refractivity contribution in [1.29, 1.82) is 0 Å². The molecule has 0 amide bonds. The first-order valence-corrected chi connectivity index (χ1v) is 7.82. The average Bonchev–Trinajstić information content (AvgIpc) is 2.36. The third kappa shape index (κ3) is 1.78. The summed E-state index contributed by atoms with van der Waals surface area (Å²) in [5.74, 6) is 4.49. The van der Waals surface area contributed by atoms with E-state index in [1.807, 2.05) is 0 Å². The number of Topliss-reactive ketones (excluding diaryl/α,β-unsaturated/α-hetero) is 1. The zero-order valence-corrected chi connectivity index (χ0v) is 11.8. The molecule has 0 heterocycles. The van der Waals surface area contributed by atoms with Gasteiger partial charge in [-0.15, -0.1) is 0 Å². The van der Waals surface area contributed by atoms with Crippen LogP contribution in [-0.2, 0) is 4.79 Å². The molecule has 0 aromatic carbocycles. The van der Waals surface area contributed by atoms with Crippen molar-refractivity contribution in [3.8, 4) is 0 Å². The number of ketones is 1. The highest BCUT2D eigenvalue weighted by atomic mass is 16.1. The van der Waals surface area contributed by atoms with Crippen LogP contribution in [0.1, 0.15) is 52.4 Å². The number of hydrogen-bond donors (Lipinski definition) is 0. The zero-order valence-electron chi connectivity index (χ0n) is 11.8. The molecule has 1 nitrogen and oxygen atoms in total. The summed E-state index contributed by atoms with van der Waals surface area (Å²) in [5, 5.41) is 0. The fourth-order valence-corrected chi connectivity index (χ4v) is 5.14. The minimum Gasteiger partial charge on any atom is -0.294 e. The molecule has 5 unspecified atom stereocenters. The van der Waals surface area contributed by atoms with Gasteiger partial charge in [-0.25, -0.2) is 0 Å². The molecule has 0 bridgehead atoms. The molecule has 0 N–H and O–H groups in total. The third-order valence-electron chi connectivity index (χ3n) is 6.23. The Hall–Kier alpha value is -0.590. The van der Waals surface area contributed by atoms with Crippen LogP contribution in [-0.4, -0.2) is 5.78 Å². The van der Waals surface area contributed by atoms with E-state index in [-0.39, 0.29) is 0 Å². The van der Waals surface area contributed by atoms with E-state index in [9.17, 15) is 4.79 Å². The Bertz CT molecular complexity index is 370. The van der Waals surface area contributed by atoms with Gasteiger partial charge in [0.1, 0.15) is 0 Å². The van der Waals surface area contributed by atoms with Crippen molar-refractivity contribution in [2.45, 2.75) is 52.4 Å². The van der Waals surface area contributed by atoms with Crippen LogP contribution in [0.5, 0.6) is 0 Å². The summed E-state index contributed by atoms with van der Waals surface area (Å²) in [5.41, 5.74) is 0.915. The highest BCUT2D eigenvalue weighted by molar-refractivity contribution is 5.98. The number of fused-ring (bicyclic) bond motifs is 3. The summed E-state index contributed by atoms with van der Waals surface area (Å²) in [7, 11) is 0. The Labute approximate surface area is 111 Å². The average molecular weight is 246 g/mol. The first kappa shape index (κ1) is 12.4. The smallest absolute Gasteiger partial charge is 0.161 e. The van der Waals surface area contributed by atoms with Crippen molar-refractivity contribution in [2.24, 2.45) is 35.5 Å². The van der Waals surface area contributed by atoms with Crippen molar-refractivity contribution in [1.82, 2.24) is 0 Å². The summed E-state index contributed by atoms with van der Waals surface area (Å²) in [6, 6.07) is 0. The van der Waals surface area contributed by atoms with Crippen LogP contribution in [0.3, 0.4) is 0 Å². The molecule has 0 aliphatic heterocycles. The monoisotopic (exact) mass is 246 g/mol. The summed E-state index contributed by atoms with van der Waals surface area (Å²) in [6.07, 6.45) is 7.83. The molecule has 18 heavy (non-hydrogen) atoms. The first-order chi connectivity index (χ1) is 8.59. The molecule has 3 aliphatic rings. The lowest BCUT2D eigenvalue weighted by atomic mass is 9.53. The van der Waals surface area contributed by atoms with Gasteiger partial charge < -0.3 is 0 Å². The normalized spacial score (nSPS) is 48.6. The SMILES string of the molecule is C=C1C(=O)C2CCC3C(CCC[C@@H]3C)C2CC1C. The van der Waals surface area contributed by atoms with Gasteiger partial charge in [0.25, 0.3) is 0 Å². The lowest BCUT2D eigenvalue weighted by molar-refractivity contribution is -0.128. The molecular weight excluding hydrogens is 220 g/mol.